The fourth-order valence-electron chi connectivity index (χ4n) is 8.43. The second kappa shape index (κ2) is 27.8. The fraction of sp³-hybridized carbons (Fsp3) is 0.769. The van der Waals surface area contributed by atoms with Crippen molar-refractivity contribution >= 4 is 72.3 Å². The van der Waals surface area contributed by atoms with Crippen molar-refractivity contribution < 1.29 is 56.9 Å². The monoisotopic (exact) mass is 1660 g/mol. The van der Waals surface area contributed by atoms with E-state index in [2.05, 4.69) is 26.1 Å². The first-order valence-electron chi connectivity index (χ1n) is 20.8. The second-order valence-corrected chi connectivity index (χ2v) is 18.3. The molecular formula is C39H66N6O9Rf3S3. The molecule has 0 aliphatic carbocycles. The number of aliphatic imine (C=N–C) groups is 2. The van der Waals surface area contributed by atoms with E-state index in [1.165, 1.54) is 12.8 Å². The van der Waals surface area contributed by atoms with Crippen LogP contribution in [-0.2, 0) is 24.3 Å². The molecule has 15 nitrogen and oxygen atoms in total. The van der Waals surface area contributed by atoms with Gasteiger partial charge in [-0.05, 0) is 94.3 Å². The number of rotatable bonds is 22. The van der Waals surface area contributed by atoms with Crippen LogP contribution in [0.1, 0.15) is 96.3 Å². The summed E-state index contributed by atoms with van der Waals surface area (Å²) in [5, 5.41) is 2.99. The summed E-state index contributed by atoms with van der Waals surface area (Å²) in [6, 6.07) is -1.66. The van der Waals surface area contributed by atoms with Gasteiger partial charge >= 0.3 is 24.2 Å². The van der Waals surface area contributed by atoms with E-state index in [1.807, 2.05) is 0 Å². The number of quaternary nitrogens is 3. The van der Waals surface area contributed by atoms with Crippen molar-refractivity contribution in [2.24, 2.45) is 9.98 Å². The number of carbonyl (C=O) groups excluding carboxylic acids is 4. The number of amides is 7. The van der Waals surface area contributed by atoms with E-state index >= 15 is 14.4 Å². The van der Waals surface area contributed by atoms with Crippen molar-refractivity contribution in [3.63, 3.8) is 0 Å². The first-order valence-corrected chi connectivity index (χ1v) is 24.2. The molecule has 1 N–H and O–H groups in total. The average Bonchev–Trinajstić information content (AvgIpc) is 3.66. The van der Waals surface area contributed by atoms with Gasteiger partial charge in [0, 0.05) is 19.3 Å². The minimum atomic E-state index is -0.959. The third kappa shape index (κ3) is 12.6. The number of urea groups is 3. The normalized spacial score (nSPS) is 28.4. The molecule has 7 amide bonds. The first-order chi connectivity index (χ1) is 27.9. The van der Waals surface area contributed by atoms with Gasteiger partial charge in [-0.1, -0.05) is 13.4 Å². The van der Waals surface area contributed by atoms with Crippen LogP contribution < -0.4 is 5.32 Å². The van der Waals surface area contributed by atoms with Crippen LogP contribution in [0, 0.1) is 20.8 Å². The van der Waals surface area contributed by atoms with Gasteiger partial charge in [0.15, 0.2) is 6.17 Å². The smallest absolute Gasteiger partial charge is 0.449 e. The van der Waals surface area contributed by atoms with Crippen LogP contribution in [-0.4, -0.2) is 143 Å². The summed E-state index contributed by atoms with van der Waals surface area (Å²) in [7, 11) is 0. The van der Waals surface area contributed by atoms with E-state index in [4.69, 9.17) is 34.3 Å². The largest absolute Gasteiger partial charge is 0.542 e. The van der Waals surface area contributed by atoms with Gasteiger partial charge in [0.1, 0.15) is 19.6 Å². The Bertz CT molecular complexity index is 1280. The molecule has 0 radical (unpaired) electrons. The van der Waals surface area contributed by atoms with Crippen molar-refractivity contribution in [2.45, 2.75) is 115 Å². The van der Waals surface area contributed by atoms with Gasteiger partial charge in [-0.3, -0.25) is 5.32 Å². The molecular weight excluding hydrogens is 1590 g/mol. The number of hydrogen-bond acceptors (Lipinski definition) is 14. The predicted molar refractivity (Wildman–Crippen MR) is 226 cm³/mol. The van der Waals surface area contributed by atoms with Gasteiger partial charge in [-0.2, -0.15) is 69.4 Å². The van der Waals surface area contributed by atoms with Crippen molar-refractivity contribution in [2.75, 3.05) is 74.0 Å². The molecule has 4 fully saturated rings. The number of nitrogens with one attached hydrogen (secondary N) is 1. The summed E-state index contributed by atoms with van der Waals surface area (Å²) in [4.78, 5) is 92.2. The quantitative estimate of drug-likeness (QED) is 0.0213. The van der Waals surface area contributed by atoms with Crippen LogP contribution in [0.25, 0.3) is 0 Å². The van der Waals surface area contributed by atoms with E-state index in [-0.39, 0.29) is 26.2 Å². The summed E-state index contributed by atoms with van der Waals surface area (Å²) in [5.74, 6) is 4.80. The molecule has 0 saturated carbocycles. The van der Waals surface area contributed by atoms with Crippen molar-refractivity contribution in [1.82, 2.24) is 5.32 Å². The van der Waals surface area contributed by atoms with Crippen LogP contribution in [0.15, 0.2) is 9.98 Å². The minimum absolute atomic E-state index is 0. The molecule has 21 heteroatoms. The maximum absolute atomic E-state index is 15.9. The van der Waals surface area contributed by atoms with Crippen LogP contribution in [0.4, 0.5) is 19.2 Å². The number of carbonyl (C=O) groups is 4. The Morgan fingerprint density at radius 2 is 1.00 bits per heavy atom. The number of hydrogen-bond donors (Lipinski definition) is 1. The summed E-state index contributed by atoms with van der Waals surface area (Å²) < 4.78 is 3.52. The molecule has 0 bridgehead atoms. The standard InChI is InChI=1S/C39H66N6O9S3.3Rf/c1-4-55-28-16-25-50-36(46)42-35-21-12-9-15-24-45(35)38(48)43(22-13-7-10-19-33(43)40-31-53-51-26-17-29-56-5-2)37(47)44(39(45)49)23-14-8-11-20-34(44)41-32-54-52-27-18-30-57-6-3;;;/h31-35H,1-30H2,(H,42,46);;;/b40-31-,41-32-;;;. The second-order valence-electron chi connectivity index (χ2n) is 14.7. The molecule has 0 aromatic rings. The van der Waals surface area contributed by atoms with Gasteiger partial charge in [0.2, 0.25) is 25.1 Å². The SMILES string of the molecule is [CH2-]CSCCCOO/C=N\C1CCCCC[N+]12C(=O)[N+]1(CCCCCC1/N=C\OOCCCSC[CH2-])C(=O)[N+]1(CCCCCC1NC(=O)OCCCSC[CH2-])C2=O.[Rf].[Rf].[Rf]. The number of thioether (sulfide) groups is 3. The van der Waals surface area contributed by atoms with Gasteiger partial charge in [-0.25, -0.2) is 4.79 Å². The molecule has 4 aliphatic rings. The van der Waals surface area contributed by atoms with Crippen molar-refractivity contribution in [3.05, 3.63) is 20.8 Å². The summed E-state index contributed by atoms with van der Waals surface area (Å²) in [6.07, 6.45) is 8.43. The molecule has 4 saturated heterocycles. The van der Waals surface area contributed by atoms with Gasteiger partial charge < -0.3 is 35.3 Å². The average molecular weight is 1660 g/mol. The van der Waals surface area contributed by atoms with Crippen LogP contribution in [0.5, 0.6) is 0 Å². The predicted octanol–water partition coefficient (Wildman–Crippen LogP) is 8.06. The van der Waals surface area contributed by atoms with Crippen LogP contribution in [0.2, 0.25) is 0 Å². The third-order valence-electron chi connectivity index (χ3n) is 11.1. The molecule has 60 heavy (non-hydrogen) atoms. The number of nitrogens with zero attached hydrogens (tertiary/aromatic N) is 5. The Morgan fingerprint density at radius 3 is 1.45 bits per heavy atom. The Labute approximate surface area is 352 Å². The topological polar surface area (TPSA) is 151 Å². The Morgan fingerprint density at radius 1 is 0.600 bits per heavy atom. The van der Waals surface area contributed by atoms with Gasteiger partial charge in [-0.15, -0.1) is 17.3 Å². The summed E-state index contributed by atoms with van der Waals surface area (Å²) in [5.41, 5.74) is 0. The molecule has 4 aliphatic heterocycles. The zero-order valence-corrected chi connectivity index (χ0v) is 57.5. The molecule has 0 aromatic heterocycles. The Hall–Kier alpha value is -4.93. The maximum Gasteiger partial charge on any atom is 0.542 e. The molecule has 0 aromatic carbocycles. The van der Waals surface area contributed by atoms with E-state index in [0.29, 0.717) is 64.6 Å². The van der Waals surface area contributed by atoms with E-state index in [0.717, 1.165) is 79.5 Å². The molecule has 4 heterocycles. The Kier molecular flexibility index (Phi) is 24.6. The first kappa shape index (κ1) is 53.1. The molecule has 330 valence electrons. The van der Waals surface area contributed by atoms with Gasteiger partial charge in [0.05, 0.1) is 19.8 Å². The van der Waals surface area contributed by atoms with Crippen molar-refractivity contribution in [1.29, 1.82) is 0 Å². The van der Waals surface area contributed by atoms with E-state index < -0.39 is 56.1 Å². The van der Waals surface area contributed by atoms with E-state index in [9.17, 15) is 4.79 Å². The van der Waals surface area contributed by atoms with Crippen molar-refractivity contribution in [3.8, 4) is 0 Å². The van der Waals surface area contributed by atoms with Gasteiger partial charge in [0.25, 0.3) is 0 Å². The molecule has 5 atom stereocenters. The molecule has 4 rings (SSSR count). The number of alkyl carbamates (subject to hydrolysis) is 1. The minimum Gasteiger partial charge on any atom is -0.449 e. The molecule has 3 spiro atoms. The summed E-state index contributed by atoms with van der Waals surface area (Å²) >= 11 is 5.06. The van der Waals surface area contributed by atoms with Crippen LogP contribution in [0.3, 0.4) is 0 Å². The Balaban J connectivity index is 0.00000600. The third-order valence-corrected chi connectivity index (χ3v) is 13.7. The zero-order chi connectivity index (χ0) is 40.8. The zero-order valence-electron chi connectivity index (χ0n) is 35.9. The van der Waals surface area contributed by atoms with Crippen LogP contribution >= 0.6 is 35.3 Å². The molecule has 5 unspecified atom stereocenters. The fourth-order valence-corrected chi connectivity index (χ4v) is 10.0. The number of imide groups is 3. The summed E-state index contributed by atoms with van der Waals surface area (Å²) in [6.45, 7) is 12.8. The maximum atomic E-state index is 15.9. The number of ether oxygens (including phenoxy) is 1. The van der Waals surface area contributed by atoms with E-state index in [1.54, 1.807) is 35.3 Å².